The van der Waals surface area contributed by atoms with Crippen LogP contribution in [0.4, 0.5) is 5.82 Å². The van der Waals surface area contributed by atoms with Crippen LogP contribution in [0.2, 0.25) is 0 Å². The summed E-state index contributed by atoms with van der Waals surface area (Å²) in [5, 5.41) is 1.15. The van der Waals surface area contributed by atoms with Gasteiger partial charge in [-0.1, -0.05) is 48.5 Å². The van der Waals surface area contributed by atoms with Crippen LogP contribution in [0.25, 0.3) is 22.3 Å². The average molecular weight is 439 g/mol. The van der Waals surface area contributed by atoms with E-state index in [-0.39, 0.29) is 0 Å². The number of nitrogens with zero attached hydrogens (tertiary/aromatic N) is 4. The Balaban J connectivity index is 1.25. The molecule has 33 heavy (non-hydrogen) atoms. The highest BCUT2D eigenvalue weighted by Gasteiger charge is 2.23. The maximum atomic E-state index is 5.54. The predicted molar refractivity (Wildman–Crippen MR) is 130 cm³/mol. The van der Waals surface area contributed by atoms with Crippen molar-refractivity contribution < 1.29 is 9.47 Å². The highest BCUT2D eigenvalue weighted by Crippen LogP contribution is 2.33. The summed E-state index contributed by atoms with van der Waals surface area (Å²) in [5.41, 5.74) is 4.51. The molecule has 3 heterocycles. The molecule has 3 aromatic carbocycles. The molecule has 0 atom stereocenters. The Hall–Kier alpha value is -3.64. The molecule has 1 aromatic heterocycles. The minimum absolute atomic E-state index is 0.314. The number of hydrogen-bond donors (Lipinski definition) is 0. The Morgan fingerprint density at radius 3 is 2.48 bits per heavy atom. The second-order valence-corrected chi connectivity index (χ2v) is 8.66. The van der Waals surface area contributed by atoms with Gasteiger partial charge in [-0.2, -0.15) is 0 Å². The van der Waals surface area contributed by atoms with Crippen LogP contribution >= 0.6 is 0 Å². The first-order valence-electron chi connectivity index (χ1n) is 11.4. The van der Waals surface area contributed by atoms with Gasteiger partial charge in [0.15, 0.2) is 17.3 Å². The van der Waals surface area contributed by atoms with Crippen molar-refractivity contribution in [2.45, 2.75) is 13.5 Å². The van der Waals surface area contributed by atoms with Crippen LogP contribution in [0.15, 0.2) is 66.7 Å². The topological polar surface area (TPSA) is 50.7 Å². The molecule has 1 fully saturated rings. The number of rotatable bonds is 4. The first-order valence-corrected chi connectivity index (χ1v) is 11.4. The molecule has 0 saturated carbocycles. The third kappa shape index (κ3) is 3.87. The molecule has 0 bridgehead atoms. The number of aryl methyl sites for hydroxylation is 1. The van der Waals surface area contributed by atoms with Gasteiger partial charge in [-0.3, -0.25) is 4.90 Å². The molecule has 0 N–H and O–H groups in total. The summed E-state index contributed by atoms with van der Waals surface area (Å²) >= 11 is 0. The van der Waals surface area contributed by atoms with Gasteiger partial charge in [0, 0.05) is 43.7 Å². The number of aromatic nitrogens is 2. The second-order valence-electron chi connectivity index (χ2n) is 8.66. The number of benzene rings is 3. The van der Waals surface area contributed by atoms with Crippen molar-refractivity contribution in [2.75, 3.05) is 37.9 Å². The SMILES string of the molecule is Cc1cccc2nc(-c3ccccc3)nc(N3CCN(Cc4ccc5c(c4)OCO5)CC3)c12. The molecule has 2 aliphatic rings. The van der Waals surface area contributed by atoms with Gasteiger partial charge in [0.1, 0.15) is 5.82 Å². The molecule has 0 radical (unpaired) electrons. The van der Waals surface area contributed by atoms with E-state index in [9.17, 15) is 0 Å². The van der Waals surface area contributed by atoms with Gasteiger partial charge in [0.2, 0.25) is 6.79 Å². The smallest absolute Gasteiger partial charge is 0.231 e. The summed E-state index contributed by atoms with van der Waals surface area (Å²) in [7, 11) is 0. The van der Waals surface area contributed by atoms with Crippen molar-refractivity contribution in [2.24, 2.45) is 0 Å². The average Bonchev–Trinajstić information content (AvgIpc) is 3.33. The van der Waals surface area contributed by atoms with E-state index in [0.717, 1.165) is 72.3 Å². The van der Waals surface area contributed by atoms with Gasteiger partial charge in [0.05, 0.1) is 5.52 Å². The van der Waals surface area contributed by atoms with Crippen LogP contribution in [0.3, 0.4) is 0 Å². The van der Waals surface area contributed by atoms with Gasteiger partial charge in [-0.05, 0) is 36.2 Å². The van der Waals surface area contributed by atoms with Crippen molar-refractivity contribution in [3.05, 3.63) is 77.9 Å². The number of fused-ring (bicyclic) bond motifs is 2. The Labute approximate surface area is 193 Å². The zero-order valence-corrected chi connectivity index (χ0v) is 18.7. The molecule has 0 amide bonds. The number of ether oxygens (including phenoxy) is 2. The van der Waals surface area contributed by atoms with Crippen molar-refractivity contribution in [1.82, 2.24) is 14.9 Å². The summed E-state index contributed by atoms with van der Waals surface area (Å²) in [5.74, 6) is 3.51. The van der Waals surface area contributed by atoms with Gasteiger partial charge >= 0.3 is 0 Å². The predicted octanol–water partition coefficient (Wildman–Crippen LogP) is 4.66. The molecular formula is C27H26N4O2. The Kier molecular flexibility index (Phi) is 5.07. The fourth-order valence-corrected chi connectivity index (χ4v) is 4.69. The number of hydrogen-bond acceptors (Lipinski definition) is 6. The lowest BCUT2D eigenvalue weighted by molar-refractivity contribution is 0.174. The van der Waals surface area contributed by atoms with Crippen molar-refractivity contribution in [1.29, 1.82) is 0 Å². The van der Waals surface area contributed by atoms with Crippen LogP contribution in [0.1, 0.15) is 11.1 Å². The molecule has 166 valence electrons. The molecule has 4 aromatic rings. The van der Waals surface area contributed by atoms with E-state index >= 15 is 0 Å². The van der Waals surface area contributed by atoms with Crippen LogP contribution in [-0.2, 0) is 6.54 Å². The first kappa shape index (κ1) is 20.0. The summed E-state index contributed by atoms with van der Waals surface area (Å²) in [6.07, 6.45) is 0. The largest absolute Gasteiger partial charge is 0.454 e. The van der Waals surface area contributed by atoms with E-state index in [1.165, 1.54) is 11.1 Å². The lowest BCUT2D eigenvalue weighted by Gasteiger charge is -2.36. The van der Waals surface area contributed by atoms with E-state index < -0.39 is 0 Å². The highest BCUT2D eigenvalue weighted by molar-refractivity contribution is 5.93. The number of piperazine rings is 1. The van der Waals surface area contributed by atoms with E-state index in [1.807, 2.05) is 24.3 Å². The van der Waals surface area contributed by atoms with Crippen molar-refractivity contribution >= 4 is 16.7 Å². The van der Waals surface area contributed by atoms with E-state index in [2.05, 4.69) is 59.2 Å². The zero-order valence-electron chi connectivity index (χ0n) is 18.7. The van der Waals surface area contributed by atoms with Crippen molar-refractivity contribution in [3.8, 4) is 22.9 Å². The lowest BCUT2D eigenvalue weighted by Crippen LogP contribution is -2.46. The zero-order chi connectivity index (χ0) is 22.2. The standard InChI is InChI=1S/C27H26N4O2/c1-19-6-5-9-22-25(19)27(29-26(28-22)21-7-3-2-4-8-21)31-14-12-30(13-15-31)17-20-10-11-23-24(16-20)33-18-32-23/h2-11,16H,12-15,17-18H2,1H3. The summed E-state index contributed by atoms with van der Waals surface area (Å²) in [6.45, 7) is 7.18. The fraction of sp³-hybridized carbons (Fsp3) is 0.259. The fourth-order valence-electron chi connectivity index (χ4n) is 4.69. The van der Waals surface area contributed by atoms with Crippen LogP contribution in [0.5, 0.6) is 11.5 Å². The van der Waals surface area contributed by atoms with E-state index in [0.29, 0.717) is 6.79 Å². The molecule has 1 saturated heterocycles. The molecule has 0 spiro atoms. The quantitative estimate of drug-likeness (QED) is 0.462. The summed E-state index contributed by atoms with van der Waals surface area (Å²) < 4.78 is 11.0. The monoisotopic (exact) mass is 438 g/mol. The Morgan fingerprint density at radius 2 is 1.64 bits per heavy atom. The van der Waals surface area contributed by atoms with Gasteiger partial charge in [-0.15, -0.1) is 0 Å². The molecular weight excluding hydrogens is 412 g/mol. The van der Waals surface area contributed by atoms with Crippen LogP contribution in [-0.4, -0.2) is 47.8 Å². The summed E-state index contributed by atoms with van der Waals surface area (Å²) in [6, 6.07) is 22.8. The molecule has 0 unspecified atom stereocenters. The van der Waals surface area contributed by atoms with E-state index in [4.69, 9.17) is 19.4 Å². The van der Waals surface area contributed by atoms with E-state index in [1.54, 1.807) is 0 Å². The highest BCUT2D eigenvalue weighted by atomic mass is 16.7. The summed E-state index contributed by atoms with van der Waals surface area (Å²) in [4.78, 5) is 14.9. The Morgan fingerprint density at radius 1 is 0.818 bits per heavy atom. The van der Waals surface area contributed by atoms with Crippen LogP contribution < -0.4 is 14.4 Å². The third-order valence-electron chi connectivity index (χ3n) is 6.46. The van der Waals surface area contributed by atoms with Gasteiger partial charge < -0.3 is 14.4 Å². The third-order valence-corrected chi connectivity index (χ3v) is 6.46. The Bertz CT molecular complexity index is 1300. The molecule has 2 aliphatic heterocycles. The molecule has 0 aliphatic carbocycles. The molecule has 6 rings (SSSR count). The minimum atomic E-state index is 0.314. The van der Waals surface area contributed by atoms with Gasteiger partial charge in [0.25, 0.3) is 0 Å². The molecule has 6 heteroatoms. The maximum Gasteiger partial charge on any atom is 0.231 e. The lowest BCUT2D eigenvalue weighted by atomic mass is 10.1. The molecule has 6 nitrogen and oxygen atoms in total. The second kappa shape index (κ2) is 8.37. The minimum Gasteiger partial charge on any atom is -0.454 e. The van der Waals surface area contributed by atoms with Crippen molar-refractivity contribution in [3.63, 3.8) is 0 Å². The maximum absolute atomic E-state index is 5.54. The normalized spacial score (nSPS) is 15.8. The van der Waals surface area contributed by atoms with Crippen LogP contribution in [0, 0.1) is 6.92 Å². The van der Waals surface area contributed by atoms with Gasteiger partial charge in [-0.25, -0.2) is 9.97 Å². The first-order chi connectivity index (χ1) is 16.2. The number of anilines is 1.